The molecule has 234 valence electrons. The number of hydrogen-bond donors (Lipinski definition) is 1. The summed E-state index contributed by atoms with van der Waals surface area (Å²) in [5.74, 6) is -2.81. The highest BCUT2D eigenvalue weighted by Gasteiger charge is 2.57. The third kappa shape index (κ3) is 4.77. The Morgan fingerprint density at radius 3 is 2.59 bits per heavy atom. The molecule has 0 saturated carbocycles. The summed E-state index contributed by atoms with van der Waals surface area (Å²) in [6.45, 7) is 6.58. The van der Waals surface area contributed by atoms with Crippen molar-refractivity contribution in [1.82, 2.24) is 19.9 Å². The molecule has 0 aliphatic carbocycles. The number of nitrogen functional groups attached to an aromatic ring is 1. The van der Waals surface area contributed by atoms with Crippen molar-refractivity contribution in [3.63, 3.8) is 0 Å². The minimum Gasteiger partial charge on any atom is -0.461 e. The van der Waals surface area contributed by atoms with E-state index in [9.17, 15) is 8.78 Å². The lowest BCUT2D eigenvalue weighted by Crippen LogP contribution is -2.43. The average molecular weight is 645 g/mol. The highest BCUT2D eigenvalue weighted by molar-refractivity contribution is 7.22. The van der Waals surface area contributed by atoms with Gasteiger partial charge in [0.1, 0.15) is 17.9 Å². The van der Waals surface area contributed by atoms with Crippen molar-refractivity contribution < 1.29 is 17.9 Å². The molecule has 3 atom stereocenters. The van der Waals surface area contributed by atoms with E-state index in [2.05, 4.69) is 28.7 Å². The quantitative estimate of drug-likeness (QED) is 0.218. The maximum Gasteiger partial charge on any atom is 0.319 e. The molecule has 0 radical (unpaired) electrons. The first kappa shape index (κ1) is 29.8. The minimum absolute atomic E-state index is 0.0142. The van der Waals surface area contributed by atoms with Gasteiger partial charge >= 0.3 is 6.01 Å². The SMILES string of the molecule is CCC1CCC(CC)N1c1nc(OCC23CCCN2CC(F)(F)C3)nc2c(F)c(-c3ccc(C)c4sc(N)nc34)c(Cl)cc12. The summed E-state index contributed by atoms with van der Waals surface area (Å²) in [4.78, 5) is 18.1. The van der Waals surface area contributed by atoms with Crippen molar-refractivity contribution >= 4 is 55.0 Å². The molecule has 0 spiro atoms. The first-order valence-corrected chi connectivity index (χ1v) is 16.6. The first-order valence-electron chi connectivity index (χ1n) is 15.4. The Kier molecular flexibility index (Phi) is 7.37. The van der Waals surface area contributed by atoms with Crippen LogP contribution < -0.4 is 15.4 Å². The van der Waals surface area contributed by atoms with Gasteiger partial charge in [0.25, 0.3) is 5.92 Å². The van der Waals surface area contributed by atoms with Gasteiger partial charge in [-0.2, -0.15) is 9.97 Å². The highest BCUT2D eigenvalue weighted by atomic mass is 35.5. The number of aryl methyl sites for hydroxylation is 1. The molecule has 2 aromatic carbocycles. The van der Waals surface area contributed by atoms with Crippen LogP contribution in [0.5, 0.6) is 6.01 Å². The number of fused-ring (bicyclic) bond motifs is 3. The number of halogens is 4. The molecule has 7 nitrogen and oxygen atoms in total. The standard InChI is InChI=1S/C32H36ClF3N6OS/c1-4-18-8-9-19(5-2)42(18)28-21-13-22(33)23(20-10-7-17(3)27-26(20)38-29(37)44-27)24(34)25(21)39-30(40-28)43-16-31-11-6-12-41(31)15-32(35,36)14-31/h7,10,13,18-19H,4-6,8-9,11-12,14-16H2,1-3H3,(H2,37,38). The van der Waals surface area contributed by atoms with Crippen LogP contribution in [0, 0.1) is 12.7 Å². The highest BCUT2D eigenvalue weighted by Crippen LogP contribution is 2.47. The molecule has 3 aliphatic heterocycles. The molecule has 7 rings (SSSR count). The van der Waals surface area contributed by atoms with Crippen LogP contribution in [0.3, 0.4) is 0 Å². The number of nitrogens with two attached hydrogens (primary N) is 1. The van der Waals surface area contributed by atoms with Gasteiger partial charge in [-0.25, -0.2) is 18.2 Å². The molecule has 3 aliphatic rings. The zero-order chi connectivity index (χ0) is 31.0. The average Bonchev–Trinajstić information content (AvgIpc) is 3.73. The number of hydrogen-bond acceptors (Lipinski definition) is 8. The molecule has 3 fully saturated rings. The van der Waals surface area contributed by atoms with Crippen LogP contribution in [0.1, 0.15) is 64.4 Å². The molecule has 0 amide bonds. The van der Waals surface area contributed by atoms with Crippen LogP contribution in [0.2, 0.25) is 5.02 Å². The molecule has 3 saturated heterocycles. The van der Waals surface area contributed by atoms with Gasteiger partial charge in [-0.1, -0.05) is 48.9 Å². The van der Waals surface area contributed by atoms with E-state index in [4.69, 9.17) is 27.1 Å². The number of nitrogens with zero attached hydrogens (tertiary/aromatic N) is 5. The summed E-state index contributed by atoms with van der Waals surface area (Å²) in [7, 11) is 0. The van der Waals surface area contributed by atoms with Crippen LogP contribution in [-0.4, -0.2) is 63.1 Å². The molecule has 2 aromatic heterocycles. The summed E-state index contributed by atoms with van der Waals surface area (Å²) in [5.41, 5.74) is 7.63. The Morgan fingerprint density at radius 2 is 1.86 bits per heavy atom. The predicted molar refractivity (Wildman–Crippen MR) is 171 cm³/mol. The number of benzene rings is 2. The lowest BCUT2D eigenvalue weighted by molar-refractivity contribution is 0.00803. The van der Waals surface area contributed by atoms with Crippen molar-refractivity contribution in [2.24, 2.45) is 0 Å². The topological polar surface area (TPSA) is 80.4 Å². The Morgan fingerprint density at radius 1 is 1.11 bits per heavy atom. The van der Waals surface area contributed by atoms with Crippen molar-refractivity contribution in [1.29, 1.82) is 0 Å². The number of anilines is 2. The number of rotatable bonds is 7. The summed E-state index contributed by atoms with van der Waals surface area (Å²) in [6.07, 6.45) is 4.94. The number of ether oxygens (including phenoxy) is 1. The number of aromatic nitrogens is 3. The largest absolute Gasteiger partial charge is 0.461 e. The van der Waals surface area contributed by atoms with Gasteiger partial charge < -0.3 is 15.4 Å². The number of alkyl halides is 2. The van der Waals surface area contributed by atoms with Gasteiger partial charge in [-0.15, -0.1) is 0 Å². The van der Waals surface area contributed by atoms with Gasteiger partial charge in [0.15, 0.2) is 10.9 Å². The van der Waals surface area contributed by atoms with Crippen LogP contribution in [0.4, 0.5) is 24.1 Å². The lowest BCUT2D eigenvalue weighted by Gasteiger charge is -2.33. The molecule has 12 heteroatoms. The third-order valence-electron chi connectivity index (χ3n) is 9.90. The van der Waals surface area contributed by atoms with E-state index in [-0.39, 0.29) is 53.8 Å². The van der Waals surface area contributed by atoms with Gasteiger partial charge in [-0.3, -0.25) is 4.90 Å². The van der Waals surface area contributed by atoms with Crippen LogP contribution in [0.15, 0.2) is 18.2 Å². The second kappa shape index (κ2) is 10.9. The zero-order valence-corrected chi connectivity index (χ0v) is 26.7. The maximum absolute atomic E-state index is 16.9. The maximum atomic E-state index is 16.9. The van der Waals surface area contributed by atoms with E-state index < -0.39 is 17.3 Å². The number of thiazole rings is 1. The van der Waals surface area contributed by atoms with Gasteiger partial charge in [0.05, 0.1) is 27.3 Å². The zero-order valence-electron chi connectivity index (χ0n) is 25.1. The van der Waals surface area contributed by atoms with Crippen molar-refractivity contribution in [3.8, 4) is 17.1 Å². The van der Waals surface area contributed by atoms with E-state index >= 15 is 4.39 Å². The van der Waals surface area contributed by atoms with Crippen molar-refractivity contribution in [2.75, 3.05) is 30.3 Å². The van der Waals surface area contributed by atoms with Crippen molar-refractivity contribution in [2.45, 2.75) is 89.3 Å². The first-order chi connectivity index (χ1) is 21.0. The summed E-state index contributed by atoms with van der Waals surface area (Å²) in [5, 5.41) is 1.10. The molecule has 2 N–H and O–H groups in total. The Bertz CT molecular complexity index is 1760. The van der Waals surface area contributed by atoms with Gasteiger partial charge in [-0.05, 0) is 63.6 Å². The van der Waals surface area contributed by atoms with Crippen LogP contribution in [0.25, 0.3) is 32.2 Å². The second-order valence-electron chi connectivity index (χ2n) is 12.6. The fourth-order valence-electron chi connectivity index (χ4n) is 7.80. The normalized spacial score (nSPS) is 25.0. The smallest absolute Gasteiger partial charge is 0.319 e. The monoisotopic (exact) mass is 644 g/mol. The molecule has 44 heavy (non-hydrogen) atoms. The Labute approximate surface area is 263 Å². The predicted octanol–water partition coefficient (Wildman–Crippen LogP) is 8.00. The van der Waals surface area contributed by atoms with Crippen LogP contribution in [-0.2, 0) is 0 Å². The minimum atomic E-state index is -2.77. The summed E-state index contributed by atoms with van der Waals surface area (Å²) >= 11 is 8.25. The molecule has 4 aromatic rings. The summed E-state index contributed by atoms with van der Waals surface area (Å²) in [6, 6.07) is 5.85. The fraction of sp³-hybridized carbons (Fsp3) is 0.531. The Hall–Kier alpha value is -2.89. The molecular weight excluding hydrogens is 609 g/mol. The van der Waals surface area contributed by atoms with Crippen LogP contribution >= 0.6 is 22.9 Å². The van der Waals surface area contributed by atoms with Crippen molar-refractivity contribution in [3.05, 3.63) is 34.6 Å². The fourth-order valence-corrected chi connectivity index (χ4v) is 8.92. The molecule has 3 unspecified atom stereocenters. The van der Waals surface area contributed by atoms with Gasteiger partial charge in [0.2, 0.25) is 0 Å². The van der Waals surface area contributed by atoms with E-state index in [0.717, 1.165) is 42.4 Å². The third-order valence-corrected chi connectivity index (χ3v) is 11.2. The Balaban J connectivity index is 1.39. The molecule has 5 heterocycles. The lowest BCUT2D eigenvalue weighted by atomic mass is 9.94. The second-order valence-corrected chi connectivity index (χ2v) is 14.1. The molecule has 0 bridgehead atoms. The summed E-state index contributed by atoms with van der Waals surface area (Å²) < 4.78 is 53.0. The van der Waals surface area contributed by atoms with E-state index in [1.165, 1.54) is 11.3 Å². The molecular formula is C32H36ClF3N6OS. The van der Waals surface area contributed by atoms with Gasteiger partial charge in [0, 0.05) is 35.0 Å². The van der Waals surface area contributed by atoms with E-state index in [1.807, 2.05) is 17.9 Å². The van der Waals surface area contributed by atoms with E-state index in [1.54, 1.807) is 12.1 Å². The van der Waals surface area contributed by atoms with E-state index in [0.29, 0.717) is 40.4 Å².